The first kappa shape index (κ1) is 19.6. The maximum absolute atomic E-state index is 13.9. The molecule has 0 unspecified atom stereocenters. The minimum atomic E-state index is -0.123. The van der Waals surface area contributed by atoms with Crippen LogP contribution in [0.4, 0.5) is 4.39 Å². The molecule has 0 radical (unpaired) electrons. The van der Waals surface area contributed by atoms with Gasteiger partial charge in [0.2, 0.25) is 5.89 Å². The molecule has 1 aliphatic rings. The summed E-state index contributed by atoms with van der Waals surface area (Å²) in [5, 5.41) is 0. The Morgan fingerprint density at radius 2 is 1.69 bits per heavy atom. The van der Waals surface area contributed by atoms with Crippen LogP contribution in [0.15, 0.2) is 59.2 Å². The third-order valence-electron chi connectivity index (χ3n) is 5.31. The first-order chi connectivity index (χ1) is 14.2. The molecule has 1 fully saturated rings. The highest BCUT2D eigenvalue weighted by Crippen LogP contribution is 2.22. The van der Waals surface area contributed by atoms with Gasteiger partial charge in [0.15, 0.2) is 0 Å². The van der Waals surface area contributed by atoms with Crippen molar-refractivity contribution in [3.63, 3.8) is 0 Å². The lowest BCUT2D eigenvalue weighted by Gasteiger charge is -2.21. The zero-order valence-electron chi connectivity index (χ0n) is 16.7. The van der Waals surface area contributed by atoms with Gasteiger partial charge in [-0.1, -0.05) is 18.2 Å². The van der Waals surface area contributed by atoms with Crippen LogP contribution in [-0.4, -0.2) is 48.1 Å². The van der Waals surface area contributed by atoms with Crippen LogP contribution in [0.25, 0.3) is 11.5 Å². The number of halogens is 1. The molecule has 1 aromatic heterocycles. The van der Waals surface area contributed by atoms with Crippen LogP contribution >= 0.6 is 0 Å². The Morgan fingerprint density at radius 3 is 2.41 bits per heavy atom. The fourth-order valence-corrected chi connectivity index (χ4v) is 3.68. The summed E-state index contributed by atoms with van der Waals surface area (Å²) in [5.41, 5.74) is 2.63. The molecule has 0 spiro atoms. The van der Waals surface area contributed by atoms with Gasteiger partial charge in [-0.25, -0.2) is 9.37 Å². The van der Waals surface area contributed by atoms with Crippen molar-refractivity contribution in [2.24, 2.45) is 0 Å². The fourth-order valence-electron chi connectivity index (χ4n) is 3.68. The highest BCUT2D eigenvalue weighted by atomic mass is 19.1. The number of hydrogen-bond donors (Lipinski definition) is 0. The summed E-state index contributed by atoms with van der Waals surface area (Å²) in [7, 11) is 1.65. The highest BCUT2D eigenvalue weighted by Gasteiger charge is 2.18. The summed E-state index contributed by atoms with van der Waals surface area (Å²) < 4.78 is 24.8. The van der Waals surface area contributed by atoms with E-state index in [1.165, 1.54) is 6.07 Å². The number of methoxy groups -OCH3 is 1. The number of aromatic nitrogens is 1. The van der Waals surface area contributed by atoms with E-state index in [2.05, 4.69) is 14.8 Å². The van der Waals surface area contributed by atoms with E-state index in [0.29, 0.717) is 12.4 Å². The first-order valence-corrected chi connectivity index (χ1v) is 9.98. The summed E-state index contributed by atoms with van der Waals surface area (Å²) >= 11 is 0. The van der Waals surface area contributed by atoms with Gasteiger partial charge in [-0.15, -0.1) is 0 Å². The quantitative estimate of drug-likeness (QED) is 0.626. The number of nitrogens with zero attached hydrogens (tertiary/aromatic N) is 3. The average molecular weight is 395 g/mol. The SMILES string of the molecule is COc1ccc(-c2nc(CN3CCCN(Cc4ccccc4F)CC3)co2)cc1. The molecule has 29 heavy (non-hydrogen) atoms. The van der Waals surface area contributed by atoms with Gasteiger partial charge in [0.25, 0.3) is 0 Å². The van der Waals surface area contributed by atoms with E-state index >= 15 is 0 Å². The second-order valence-corrected chi connectivity index (χ2v) is 7.37. The normalized spacial score (nSPS) is 15.9. The van der Waals surface area contributed by atoms with Crippen molar-refractivity contribution in [2.75, 3.05) is 33.3 Å². The molecule has 2 heterocycles. The molecule has 4 rings (SSSR count). The number of hydrogen-bond acceptors (Lipinski definition) is 5. The van der Waals surface area contributed by atoms with Crippen molar-refractivity contribution in [3.8, 4) is 17.2 Å². The number of oxazole rings is 1. The third-order valence-corrected chi connectivity index (χ3v) is 5.31. The zero-order chi connectivity index (χ0) is 20.1. The van der Waals surface area contributed by atoms with Crippen LogP contribution in [0.3, 0.4) is 0 Å². The molecule has 6 heteroatoms. The van der Waals surface area contributed by atoms with Gasteiger partial charge in [-0.05, 0) is 49.8 Å². The summed E-state index contributed by atoms with van der Waals surface area (Å²) in [5.74, 6) is 1.31. The van der Waals surface area contributed by atoms with Crippen LogP contribution in [0, 0.1) is 5.82 Å². The second kappa shape index (κ2) is 9.20. The Labute approximate surface area is 170 Å². The van der Waals surface area contributed by atoms with E-state index in [9.17, 15) is 4.39 Å². The number of rotatable bonds is 6. The predicted octanol–water partition coefficient (Wildman–Crippen LogP) is 4.20. The minimum absolute atomic E-state index is 0.123. The summed E-state index contributed by atoms with van der Waals surface area (Å²) in [6, 6.07) is 14.7. The molecule has 0 N–H and O–H groups in total. The second-order valence-electron chi connectivity index (χ2n) is 7.37. The molecule has 1 aliphatic heterocycles. The molecule has 2 aromatic carbocycles. The lowest BCUT2D eigenvalue weighted by Crippen LogP contribution is -2.30. The molecule has 0 aliphatic carbocycles. The monoisotopic (exact) mass is 395 g/mol. The molecule has 1 saturated heterocycles. The van der Waals surface area contributed by atoms with Crippen LogP contribution in [0.2, 0.25) is 0 Å². The van der Waals surface area contributed by atoms with Gasteiger partial charge in [-0.3, -0.25) is 9.80 Å². The van der Waals surface area contributed by atoms with Gasteiger partial charge >= 0.3 is 0 Å². The van der Waals surface area contributed by atoms with E-state index in [4.69, 9.17) is 9.15 Å². The maximum Gasteiger partial charge on any atom is 0.226 e. The maximum atomic E-state index is 13.9. The average Bonchev–Trinajstić information content (AvgIpc) is 3.10. The molecule has 5 nitrogen and oxygen atoms in total. The zero-order valence-corrected chi connectivity index (χ0v) is 16.7. The highest BCUT2D eigenvalue weighted by molar-refractivity contribution is 5.54. The van der Waals surface area contributed by atoms with E-state index in [1.807, 2.05) is 36.4 Å². The lowest BCUT2D eigenvalue weighted by atomic mass is 10.2. The van der Waals surface area contributed by atoms with Crippen molar-refractivity contribution >= 4 is 0 Å². The predicted molar refractivity (Wildman–Crippen MR) is 110 cm³/mol. The van der Waals surface area contributed by atoms with Gasteiger partial charge in [0.1, 0.15) is 17.8 Å². The Morgan fingerprint density at radius 1 is 0.966 bits per heavy atom. The first-order valence-electron chi connectivity index (χ1n) is 9.98. The molecule has 0 bridgehead atoms. The Kier molecular flexibility index (Phi) is 6.22. The molecule has 152 valence electrons. The van der Waals surface area contributed by atoms with Crippen molar-refractivity contribution in [3.05, 3.63) is 71.9 Å². The van der Waals surface area contributed by atoms with Gasteiger partial charge in [-0.2, -0.15) is 0 Å². The van der Waals surface area contributed by atoms with E-state index in [-0.39, 0.29) is 5.82 Å². The molecular weight excluding hydrogens is 369 g/mol. The smallest absolute Gasteiger partial charge is 0.226 e. The Hall–Kier alpha value is -2.70. The minimum Gasteiger partial charge on any atom is -0.497 e. The molecule has 0 amide bonds. The molecule has 0 atom stereocenters. The van der Waals surface area contributed by atoms with Crippen LogP contribution < -0.4 is 4.74 Å². The standard InChI is InChI=1S/C23H26FN3O2/c1-28-21-9-7-18(8-10-21)23-25-20(17-29-23)16-27-12-4-11-26(13-14-27)15-19-5-2-3-6-22(19)24/h2-3,5-10,17H,4,11-16H2,1H3. The fraction of sp³-hybridized carbons (Fsp3) is 0.348. The molecule has 3 aromatic rings. The van der Waals surface area contributed by atoms with E-state index in [0.717, 1.165) is 61.7 Å². The lowest BCUT2D eigenvalue weighted by molar-refractivity contribution is 0.243. The Balaban J connectivity index is 1.33. The third kappa shape index (κ3) is 5.02. The van der Waals surface area contributed by atoms with Crippen molar-refractivity contribution < 1.29 is 13.5 Å². The Bertz CT molecular complexity index is 926. The number of ether oxygens (including phenoxy) is 1. The topological polar surface area (TPSA) is 41.7 Å². The summed E-state index contributed by atoms with van der Waals surface area (Å²) in [6.07, 6.45) is 2.79. The van der Waals surface area contributed by atoms with Crippen LogP contribution in [0.1, 0.15) is 17.7 Å². The van der Waals surface area contributed by atoms with Gasteiger partial charge in [0, 0.05) is 37.3 Å². The van der Waals surface area contributed by atoms with E-state index in [1.54, 1.807) is 19.4 Å². The molecular formula is C23H26FN3O2. The summed E-state index contributed by atoms with van der Waals surface area (Å²) in [4.78, 5) is 9.36. The van der Waals surface area contributed by atoms with Crippen molar-refractivity contribution in [1.29, 1.82) is 0 Å². The molecule has 0 saturated carbocycles. The van der Waals surface area contributed by atoms with Crippen molar-refractivity contribution in [1.82, 2.24) is 14.8 Å². The largest absolute Gasteiger partial charge is 0.497 e. The van der Waals surface area contributed by atoms with Gasteiger partial charge in [0.05, 0.1) is 12.8 Å². The van der Waals surface area contributed by atoms with E-state index < -0.39 is 0 Å². The van der Waals surface area contributed by atoms with Crippen molar-refractivity contribution in [2.45, 2.75) is 19.5 Å². The van der Waals surface area contributed by atoms with Gasteiger partial charge < -0.3 is 9.15 Å². The van der Waals surface area contributed by atoms with Crippen LogP contribution in [-0.2, 0) is 13.1 Å². The number of benzene rings is 2. The van der Waals surface area contributed by atoms with Crippen LogP contribution in [0.5, 0.6) is 5.75 Å². The summed E-state index contributed by atoms with van der Waals surface area (Å²) in [6.45, 7) is 5.23.